The van der Waals surface area contributed by atoms with E-state index in [9.17, 15) is 4.57 Å². The standard InChI is InChI=1S/C24H19NOP.C14H16NSi.Ir/c1-19-15-16-24(25-18-19)20-9-8-14-23(17-20)27(26,21-10-4-2-5-11-21)22-12-6-3-7-13-22;1-16(2,3)13-9-10-14(15-11-13)12-7-5-4-6-8-12;/h2-8,10-18H,1H3;4-7,9-11H,1-3H3;/q2*-1;. The summed E-state index contributed by atoms with van der Waals surface area (Å²) in [7, 11) is -4.21. The van der Waals surface area contributed by atoms with Gasteiger partial charge in [-0.05, 0) is 29.1 Å². The van der Waals surface area contributed by atoms with E-state index >= 15 is 0 Å². The third-order valence-corrected chi connectivity index (χ3v) is 12.3. The summed E-state index contributed by atoms with van der Waals surface area (Å²) in [5, 5.41) is 3.83. The van der Waals surface area contributed by atoms with Crippen molar-refractivity contribution in [3.8, 4) is 22.5 Å². The average molecular weight is 787 g/mol. The third-order valence-electron chi connectivity index (χ3n) is 7.19. The minimum Gasteiger partial charge on any atom is -0.310 e. The van der Waals surface area contributed by atoms with Crippen LogP contribution in [-0.4, -0.2) is 18.0 Å². The summed E-state index contributed by atoms with van der Waals surface area (Å²) >= 11 is 0. The SMILES string of the molecule is C[Si](C)(C)c1ccc(-c2[c-]cccc2)nc1.Cc1ccc(-c2[c-]ccc(P(=O)(c3ccccc3)c3ccccc3)c2)nc1.[Ir]. The predicted octanol–water partition coefficient (Wildman–Crippen LogP) is 7.59. The topological polar surface area (TPSA) is 42.9 Å². The molecule has 0 amide bonds. The summed E-state index contributed by atoms with van der Waals surface area (Å²) in [6, 6.07) is 47.7. The fourth-order valence-electron chi connectivity index (χ4n) is 4.70. The zero-order valence-electron chi connectivity index (χ0n) is 25.4. The van der Waals surface area contributed by atoms with Gasteiger partial charge in [0.2, 0.25) is 0 Å². The molecular weight excluding hydrogens is 752 g/mol. The molecule has 0 unspecified atom stereocenters. The van der Waals surface area contributed by atoms with E-state index in [1.807, 2.05) is 135 Å². The number of rotatable bonds is 6. The molecule has 0 saturated heterocycles. The molecule has 2 aromatic heterocycles. The molecule has 4 aromatic carbocycles. The quantitative estimate of drug-likeness (QED) is 0.0994. The van der Waals surface area contributed by atoms with Gasteiger partial charge in [-0.3, -0.25) is 0 Å². The molecule has 0 N–H and O–H groups in total. The molecule has 1 radical (unpaired) electrons. The molecule has 0 atom stereocenters. The maximum Gasteiger partial charge on any atom is 0.153 e. The Bertz CT molecular complexity index is 1760. The van der Waals surface area contributed by atoms with Crippen LogP contribution in [-0.2, 0) is 24.7 Å². The Morgan fingerprint density at radius 3 is 1.68 bits per heavy atom. The Labute approximate surface area is 276 Å². The van der Waals surface area contributed by atoms with Gasteiger partial charge >= 0.3 is 0 Å². The van der Waals surface area contributed by atoms with Gasteiger partial charge in [-0.1, -0.05) is 110 Å². The maximum atomic E-state index is 14.4. The van der Waals surface area contributed by atoms with Crippen molar-refractivity contribution < 1.29 is 24.7 Å². The molecule has 0 aliphatic carbocycles. The van der Waals surface area contributed by atoms with Crippen molar-refractivity contribution in [2.75, 3.05) is 0 Å². The first-order valence-corrected chi connectivity index (χ1v) is 19.6. The molecule has 44 heavy (non-hydrogen) atoms. The van der Waals surface area contributed by atoms with Crippen LogP contribution < -0.4 is 21.1 Å². The van der Waals surface area contributed by atoms with E-state index in [1.165, 1.54) is 5.19 Å². The molecule has 3 nitrogen and oxygen atoms in total. The summed E-state index contributed by atoms with van der Waals surface area (Å²) in [6.07, 6.45) is 3.85. The zero-order chi connectivity index (χ0) is 30.3. The van der Waals surface area contributed by atoms with Crippen LogP contribution in [0.5, 0.6) is 0 Å². The molecule has 0 aliphatic heterocycles. The number of hydrogen-bond acceptors (Lipinski definition) is 3. The smallest absolute Gasteiger partial charge is 0.153 e. The predicted molar refractivity (Wildman–Crippen MR) is 184 cm³/mol. The summed E-state index contributed by atoms with van der Waals surface area (Å²) in [4.78, 5) is 9.02. The van der Waals surface area contributed by atoms with Crippen molar-refractivity contribution in [1.82, 2.24) is 9.97 Å². The second kappa shape index (κ2) is 14.8. The summed E-state index contributed by atoms with van der Waals surface area (Å²) in [5.41, 5.74) is 4.84. The number of hydrogen-bond donors (Lipinski definition) is 0. The minimum absolute atomic E-state index is 0. The van der Waals surface area contributed by atoms with Gasteiger partial charge in [0.1, 0.15) is 0 Å². The number of pyridine rings is 2. The van der Waals surface area contributed by atoms with E-state index in [2.05, 4.69) is 53.9 Å². The van der Waals surface area contributed by atoms with E-state index in [1.54, 1.807) is 0 Å². The van der Waals surface area contributed by atoms with Crippen LogP contribution in [0, 0.1) is 19.1 Å². The number of aryl methyl sites for hydroxylation is 1. The maximum absolute atomic E-state index is 14.4. The minimum atomic E-state index is -2.98. The van der Waals surface area contributed by atoms with E-state index in [4.69, 9.17) is 0 Å². The van der Waals surface area contributed by atoms with E-state index in [0.29, 0.717) is 0 Å². The van der Waals surface area contributed by atoms with Crippen LogP contribution in [0.25, 0.3) is 22.5 Å². The largest absolute Gasteiger partial charge is 0.310 e. The summed E-state index contributed by atoms with van der Waals surface area (Å²) in [5.74, 6) is 0. The molecule has 0 fully saturated rings. The fraction of sp³-hybridized carbons (Fsp3) is 0.105. The molecule has 0 aliphatic rings. The summed E-state index contributed by atoms with van der Waals surface area (Å²) in [6.45, 7) is 9.00. The van der Waals surface area contributed by atoms with Crippen molar-refractivity contribution in [2.45, 2.75) is 26.6 Å². The van der Waals surface area contributed by atoms with Crippen molar-refractivity contribution in [1.29, 1.82) is 0 Å². The number of aromatic nitrogens is 2. The van der Waals surface area contributed by atoms with Crippen LogP contribution in [0.2, 0.25) is 19.6 Å². The van der Waals surface area contributed by atoms with Crippen molar-refractivity contribution in [2.24, 2.45) is 0 Å². The molecule has 6 aromatic rings. The number of benzene rings is 4. The van der Waals surface area contributed by atoms with E-state index < -0.39 is 15.2 Å². The number of nitrogens with zero attached hydrogens (tertiary/aromatic N) is 2. The monoisotopic (exact) mass is 787 g/mol. The molecule has 0 spiro atoms. The van der Waals surface area contributed by atoms with Gasteiger partial charge in [-0.2, -0.15) is 0 Å². The van der Waals surface area contributed by atoms with Crippen molar-refractivity contribution >= 4 is 36.3 Å². The van der Waals surface area contributed by atoms with Crippen molar-refractivity contribution in [3.05, 3.63) is 157 Å². The zero-order valence-corrected chi connectivity index (χ0v) is 29.7. The van der Waals surface area contributed by atoms with E-state index in [0.717, 1.165) is 44.0 Å². The molecule has 2 heterocycles. The van der Waals surface area contributed by atoms with E-state index in [-0.39, 0.29) is 20.1 Å². The Balaban J connectivity index is 0.000000223. The van der Waals surface area contributed by atoms with Crippen LogP contribution in [0.3, 0.4) is 0 Å². The molecule has 6 rings (SSSR count). The molecular formula is C38H35IrN2OPSi-2. The molecule has 0 bridgehead atoms. The van der Waals surface area contributed by atoms with Gasteiger partial charge in [0, 0.05) is 43.1 Å². The molecule has 223 valence electrons. The van der Waals surface area contributed by atoms with Crippen LogP contribution in [0.15, 0.2) is 140 Å². The third kappa shape index (κ3) is 7.86. The van der Waals surface area contributed by atoms with Gasteiger partial charge in [-0.25, -0.2) is 0 Å². The second-order valence-electron chi connectivity index (χ2n) is 11.4. The average Bonchev–Trinajstić information content (AvgIpc) is 3.06. The molecule has 0 saturated carbocycles. The Morgan fingerprint density at radius 1 is 0.591 bits per heavy atom. The van der Waals surface area contributed by atoms with Gasteiger partial charge in [-0.15, -0.1) is 65.7 Å². The van der Waals surface area contributed by atoms with Crippen molar-refractivity contribution in [3.63, 3.8) is 0 Å². The fourth-order valence-corrected chi connectivity index (χ4v) is 8.41. The van der Waals surface area contributed by atoms with Crippen LogP contribution >= 0.6 is 7.14 Å². The van der Waals surface area contributed by atoms with Crippen LogP contribution in [0.1, 0.15) is 5.56 Å². The Hall–Kier alpha value is -3.72. The van der Waals surface area contributed by atoms with Gasteiger partial charge in [0.15, 0.2) is 7.14 Å². The van der Waals surface area contributed by atoms with Crippen LogP contribution in [0.4, 0.5) is 0 Å². The first kappa shape index (κ1) is 33.2. The second-order valence-corrected chi connectivity index (χ2v) is 19.3. The van der Waals surface area contributed by atoms with Gasteiger partial charge in [0.05, 0.1) is 8.07 Å². The molecule has 6 heteroatoms. The first-order valence-electron chi connectivity index (χ1n) is 14.4. The first-order chi connectivity index (χ1) is 20.7. The van der Waals surface area contributed by atoms with Gasteiger partial charge in [0.25, 0.3) is 0 Å². The Kier molecular flexibility index (Phi) is 11.2. The van der Waals surface area contributed by atoms with Gasteiger partial charge < -0.3 is 14.5 Å². The Morgan fingerprint density at radius 2 is 1.16 bits per heavy atom. The summed E-state index contributed by atoms with van der Waals surface area (Å²) < 4.78 is 14.4. The normalized spacial score (nSPS) is 11.1.